The van der Waals surface area contributed by atoms with Crippen molar-refractivity contribution in [3.63, 3.8) is 0 Å². The number of rotatable bonds is 5. The fourth-order valence-electron chi connectivity index (χ4n) is 2.06. The van der Waals surface area contributed by atoms with Gasteiger partial charge in [0.05, 0.1) is 0 Å². The molecule has 0 spiro atoms. The monoisotopic (exact) mass is 227 g/mol. The van der Waals surface area contributed by atoms with E-state index >= 15 is 0 Å². The molecule has 1 aliphatic carbocycles. The van der Waals surface area contributed by atoms with Crippen LogP contribution < -0.4 is 5.32 Å². The number of carboxylic acid groups (broad SMARTS) is 1. The highest BCUT2D eigenvalue weighted by atomic mass is 16.4. The van der Waals surface area contributed by atoms with Gasteiger partial charge in [-0.3, -0.25) is 4.79 Å². The minimum atomic E-state index is -1.13. The summed E-state index contributed by atoms with van der Waals surface area (Å²) in [4.78, 5) is 21.3. The number of aliphatic hydroxyl groups excluding tert-OH is 1. The Morgan fingerprint density at radius 2 is 1.94 bits per heavy atom. The fourth-order valence-corrected chi connectivity index (χ4v) is 2.06. The van der Waals surface area contributed by atoms with E-state index in [1.165, 1.54) is 0 Å². The lowest BCUT2D eigenvalue weighted by molar-refractivity contribution is -0.131. The third kappa shape index (κ3) is 4.02. The minimum Gasteiger partial charge on any atom is -0.478 e. The van der Waals surface area contributed by atoms with Crippen molar-refractivity contribution in [2.75, 3.05) is 13.2 Å². The number of carboxylic acids is 1. The van der Waals surface area contributed by atoms with Crippen LogP contribution in [0, 0.1) is 11.8 Å². The Labute approximate surface area is 94.2 Å². The molecule has 2 unspecified atom stereocenters. The summed E-state index contributed by atoms with van der Waals surface area (Å²) in [5.41, 5.74) is 0. The van der Waals surface area contributed by atoms with Crippen molar-refractivity contribution in [2.45, 2.75) is 19.3 Å². The molecule has 1 fully saturated rings. The fraction of sp³-hybridized carbons (Fsp3) is 0.636. The number of hydrogen-bond acceptors (Lipinski definition) is 3. The molecular weight excluding hydrogens is 210 g/mol. The highest BCUT2D eigenvalue weighted by Gasteiger charge is 2.26. The number of aliphatic hydroxyl groups is 1. The molecule has 3 N–H and O–H groups in total. The van der Waals surface area contributed by atoms with E-state index in [2.05, 4.69) is 5.32 Å². The summed E-state index contributed by atoms with van der Waals surface area (Å²) in [6.07, 6.45) is 4.91. The first-order chi connectivity index (χ1) is 7.63. The molecule has 1 rings (SSSR count). The SMILES string of the molecule is O=C(O)C=CC(=O)NCC1CCCC1CO. The van der Waals surface area contributed by atoms with Gasteiger partial charge >= 0.3 is 5.97 Å². The summed E-state index contributed by atoms with van der Waals surface area (Å²) < 4.78 is 0. The summed E-state index contributed by atoms with van der Waals surface area (Å²) in [7, 11) is 0. The van der Waals surface area contributed by atoms with Crippen LogP contribution in [-0.4, -0.2) is 35.2 Å². The Morgan fingerprint density at radius 3 is 2.56 bits per heavy atom. The van der Waals surface area contributed by atoms with Gasteiger partial charge in [-0.05, 0) is 24.7 Å². The summed E-state index contributed by atoms with van der Waals surface area (Å²) >= 11 is 0. The van der Waals surface area contributed by atoms with Crippen LogP contribution in [0.5, 0.6) is 0 Å². The van der Waals surface area contributed by atoms with Crippen molar-refractivity contribution in [1.82, 2.24) is 5.32 Å². The molecule has 2 atom stereocenters. The smallest absolute Gasteiger partial charge is 0.328 e. The zero-order valence-corrected chi connectivity index (χ0v) is 9.06. The normalized spacial score (nSPS) is 24.8. The molecule has 0 bridgehead atoms. The summed E-state index contributed by atoms with van der Waals surface area (Å²) in [5, 5.41) is 20.0. The molecule has 0 saturated heterocycles. The Morgan fingerprint density at radius 1 is 1.25 bits per heavy atom. The van der Waals surface area contributed by atoms with Crippen LogP contribution in [-0.2, 0) is 9.59 Å². The molecule has 5 nitrogen and oxygen atoms in total. The Kier molecular flexibility index (Phi) is 4.98. The first-order valence-corrected chi connectivity index (χ1v) is 5.43. The molecule has 0 radical (unpaired) electrons. The molecule has 0 aromatic carbocycles. The van der Waals surface area contributed by atoms with E-state index in [1.807, 2.05) is 0 Å². The second-order valence-electron chi connectivity index (χ2n) is 4.05. The maximum atomic E-state index is 11.2. The molecule has 90 valence electrons. The summed E-state index contributed by atoms with van der Waals surface area (Å²) in [6.45, 7) is 0.666. The molecule has 1 saturated carbocycles. The van der Waals surface area contributed by atoms with E-state index in [4.69, 9.17) is 10.2 Å². The van der Waals surface area contributed by atoms with Crippen molar-refractivity contribution in [3.05, 3.63) is 12.2 Å². The number of hydrogen-bond donors (Lipinski definition) is 3. The van der Waals surface area contributed by atoms with Crippen LogP contribution in [0.4, 0.5) is 0 Å². The molecule has 16 heavy (non-hydrogen) atoms. The molecule has 0 heterocycles. The van der Waals surface area contributed by atoms with E-state index in [9.17, 15) is 9.59 Å². The Bertz CT molecular complexity index is 288. The highest BCUT2D eigenvalue weighted by Crippen LogP contribution is 2.30. The van der Waals surface area contributed by atoms with Crippen LogP contribution in [0.25, 0.3) is 0 Å². The average Bonchev–Trinajstić information content (AvgIpc) is 2.70. The highest BCUT2D eigenvalue weighted by molar-refractivity contribution is 5.93. The van der Waals surface area contributed by atoms with Gasteiger partial charge in [-0.1, -0.05) is 6.42 Å². The Balaban J connectivity index is 2.28. The van der Waals surface area contributed by atoms with Crippen LogP contribution in [0.3, 0.4) is 0 Å². The number of amides is 1. The number of carbonyl (C=O) groups excluding carboxylic acids is 1. The quantitative estimate of drug-likeness (QED) is 0.583. The number of nitrogens with one attached hydrogen (secondary N) is 1. The van der Waals surface area contributed by atoms with E-state index in [1.54, 1.807) is 0 Å². The van der Waals surface area contributed by atoms with Gasteiger partial charge in [-0.15, -0.1) is 0 Å². The lowest BCUT2D eigenvalue weighted by Gasteiger charge is -2.16. The topological polar surface area (TPSA) is 86.6 Å². The van der Waals surface area contributed by atoms with Crippen molar-refractivity contribution < 1.29 is 19.8 Å². The van der Waals surface area contributed by atoms with Crippen molar-refractivity contribution in [1.29, 1.82) is 0 Å². The van der Waals surface area contributed by atoms with Gasteiger partial charge in [-0.2, -0.15) is 0 Å². The number of aliphatic carboxylic acids is 1. The third-order valence-electron chi connectivity index (χ3n) is 2.97. The molecule has 0 aliphatic heterocycles. The summed E-state index contributed by atoms with van der Waals surface area (Å²) in [6, 6.07) is 0. The van der Waals surface area contributed by atoms with Gasteiger partial charge in [-0.25, -0.2) is 4.79 Å². The maximum Gasteiger partial charge on any atom is 0.328 e. The first-order valence-electron chi connectivity index (χ1n) is 5.43. The molecule has 0 aromatic rings. The average molecular weight is 227 g/mol. The standard InChI is InChI=1S/C11H17NO4/c13-7-9-3-1-2-8(9)6-12-10(14)4-5-11(15)16/h4-5,8-9,13H,1-3,6-7H2,(H,12,14)(H,15,16). The van der Waals surface area contributed by atoms with Gasteiger partial charge in [0.2, 0.25) is 5.91 Å². The van der Waals surface area contributed by atoms with Crippen LogP contribution in [0.1, 0.15) is 19.3 Å². The van der Waals surface area contributed by atoms with E-state index in [-0.39, 0.29) is 12.5 Å². The lowest BCUT2D eigenvalue weighted by atomic mass is 9.97. The largest absolute Gasteiger partial charge is 0.478 e. The zero-order chi connectivity index (χ0) is 12.0. The Hall–Kier alpha value is -1.36. The van der Waals surface area contributed by atoms with Gasteiger partial charge in [0.1, 0.15) is 0 Å². The van der Waals surface area contributed by atoms with E-state index in [0.717, 1.165) is 31.4 Å². The third-order valence-corrected chi connectivity index (χ3v) is 2.97. The molecule has 1 aliphatic rings. The van der Waals surface area contributed by atoms with Gasteiger partial charge in [0.15, 0.2) is 0 Å². The maximum absolute atomic E-state index is 11.2. The molecular formula is C11H17NO4. The second kappa shape index (κ2) is 6.27. The number of carbonyl (C=O) groups is 2. The van der Waals surface area contributed by atoms with Gasteiger partial charge < -0.3 is 15.5 Å². The second-order valence-corrected chi connectivity index (χ2v) is 4.05. The minimum absolute atomic E-state index is 0.158. The van der Waals surface area contributed by atoms with E-state index in [0.29, 0.717) is 12.5 Å². The molecule has 5 heteroatoms. The zero-order valence-electron chi connectivity index (χ0n) is 9.06. The van der Waals surface area contributed by atoms with Crippen molar-refractivity contribution >= 4 is 11.9 Å². The predicted molar refractivity (Wildman–Crippen MR) is 57.7 cm³/mol. The summed E-state index contributed by atoms with van der Waals surface area (Å²) in [5.74, 6) is -0.953. The molecule has 0 aromatic heterocycles. The predicted octanol–water partition coefficient (Wildman–Crippen LogP) is 0.152. The lowest BCUT2D eigenvalue weighted by Crippen LogP contribution is -2.30. The van der Waals surface area contributed by atoms with Gasteiger partial charge in [0.25, 0.3) is 0 Å². The first kappa shape index (κ1) is 12.7. The van der Waals surface area contributed by atoms with Crippen LogP contribution in [0.15, 0.2) is 12.2 Å². The van der Waals surface area contributed by atoms with Gasteiger partial charge in [0, 0.05) is 25.3 Å². The molecule has 1 amide bonds. The van der Waals surface area contributed by atoms with Crippen LogP contribution in [0.2, 0.25) is 0 Å². The van der Waals surface area contributed by atoms with Crippen LogP contribution >= 0.6 is 0 Å². The van der Waals surface area contributed by atoms with Crippen molar-refractivity contribution in [3.8, 4) is 0 Å². The van der Waals surface area contributed by atoms with Crippen molar-refractivity contribution in [2.24, 2.45) is 11.8 Å². The van der Waals surface area contributed by atoms with E-state index < -0.39 is 11.9 Å².